The van der Waals surface area contributed by atoms with Crippen LogP contribution < -0.4 is 4.90 Å². The normalized spacial score (nSPS) is 28.4. The molecule has 3 aromatic carbocycles. The minimum absolute atomic E-state index is 0.226. The molecule has 1 saturated heterocycles. The summed E-state index contributed by atoms with van der Waals surface area (Å²) in [5, 5.41) is 0.697. The first-order chi connectivity index (χ1) is 14.4. The molecule has 148 valence electrons. The summed E-state index contributed by atoms with van der Waals surface area (Å²) in [5.74, 6) is -2.10. The molecule has 3 nitrogen and oxygen atoms in total. The van der Waals surface area contributed by atoms with Crippen LogP contribution in [0.1, 0.15) is 28.2 Å². The summed E-state index contributed by atoms with van der Waals surface area (Å²) in [7, 11) is 0. The minimum atomic E-state index is -1.10. The molecule has 6 heteroatoms. The van der Waals surface area contributed by atoms with Crippen molar-refractivity contribution in [1.82, 2.24) is 0 Å². The number of benzene rings is 3. The highest BCUT2D eigenvalue weighted by molar-refractivity contribution is 6.39. The number of rotatable bonds is 1. The molecule has 0 N–H and O–H groups in total. The van der Waals surface area contributed by atoms with Crippen LogP contribution in [0.3, 0.4) is 0 Å². The van der Waals surface area contributed by atoms with Crippen molar-refractivity contribution >= 4 is 52.3 Å². The molecule has 2 bridgehead atoms. The summed E-state index contributed by atoms with van der Waals surface area (Å²) >= 11 is 19.8. The van der Waals surface area contributed by atoms with Gasteiger partial charge in [0.15, 0.2) is 0 Å². The Morgan fingerprint density at radius 1 is 0.800 bits per heavy atom. The fourth-order valence-electron chi connectivity index (χ4n) is 5.58. The van der Waals surface area contributed by atoms with Gasteiger partial charge in [-0.25, -0.2) is 4.90 Å². The van der Waals surface area contributed by atoms with E-state index in [1.165, 1.54) is 11.0 Å². The lowest BCUT2D eigenvalue weighted by molar-refractivity contribution is -0.122. The third kappa shape index (κ3) is 2.08. The third-order valence-electron chi connectivity index (χ3n) is 6.67. The van der Waals surface area contributed by atoms with E-state index in [1.807, 2.05) is 48.5 Å². The van der Waals surface area contributed by atoms with Crippen molar-refractivity contribution in [2.75, 3.05) is 4.90 Å². The van der Waals surface area contributed by atoms with Gasteiger partial charge in [0.05, 0.1) is 22.5 Å². The number of anilines is 1. The van der Waals surface area contributed by atoms with E-state index in [-0.39, 0.29) is 22.8 Å². The molecule has 4 aliphatic rings. The van der Waals surface area contributed by atoms with Crippen LogP contribution in [0.2, 0.25) is 10.0 Å². The molecule has 30 heavy (non-hydrogen) atoms. The standard InChI is InChI=1S/C24H14Cl3NO2/c25-12-9-10-18(17(26)11-12)28-22(29)20-19-13-5-1-3-7-15(13)24(27,21(20)23(28)30)16-8-4-2-6-14(16)19/h1-11,19-21H/t19?,20-,21-,24?/m1/s1. The fraction of sp³-hybridized carbons (Fsp3) is 0.167. The zero-order valence-electron chi connectivity index (χ0n) is 15.5. The topological polar surface area (TPSA) is 37.4 Å². The Kier molecular flexibility index (Phi) is 3.75. The average molecular weight is 455 g/mol. The summed E-state index contributed by atoms with van der Waals surface area (Å²) in [5.41, 5.74) is 4.18. The Morgan fingerprint density at radius 2 is 1.40 bits per heavy atom. The van der Waals surface area contributed by atoms with E-state index in [1.54, 1.807) is 12.1 Å². The molecular weight excluding hydrogens is 441 g/mol. The van der Waals surface area contributed by atoms with Gasteiger partial charge in [-0.2, -0.15) is 0 Å². The van der Waals surface area contributed by atoms with E-state index in [0.717, 1.165) is 22.3 Å². The van der Waals surface area contributed by atoms with Gasteiger partial charge in [0.1, 0.15) is 4.87 Å². The molecule has 1 aliphatic heterocycles. The molecule has 7 rings (SSSR count). The first-order valence-corrected chi connectivity index (χ1v) is 10.8. The second-order valence-corrected chi connectivity index (χ2v) is 9.41. The maximum Gasteiger partial charge on any atom is 0.240 e. The molecular formula is C24H14Cl3NO2. The molecule has 0 radical (unpaired) electrons. The van der Waals surface area contributed by atoms with Crippen LogP contribution in [0.4, 0.5) is 5.69 Å². The number of hydrogen-bond donors (Lipinski definition) is 0. The van der Waals surface area contributed by atoms with Crippen molar-refractivity contribution in [2.24, 2.45) is 11.8 Å². The highest BCUT2D eigenvalue weighted by Crippen LogP contribution is 2.66. The summed E-state index contributed by atoms with van der Waals surface area (Å²) in [6.07, 6.45) is 0. The number of halogens is 3. The van der Waals surface area contributed by atoms with Gasteiger partial charge in [0.25, 0.3) is 0 Å². The minimum Gasteiger partial charge on any atom is -0.274 e. The summed E-state index contributed by atoms with van der Waals surface area (Å²) < 4.78 is 0. The van der Waals surface area contributed by atoms with E-state index in [2.05, 4.69) is 0 Å². The van der Waals surface area contributed by atoms with Gasteiger partial charge in [0.2, 0.25) is 11.8 Å². The number of carbonyl (C=O) groups excluding carboxylic acids is 2. The largest absolute Gasteiger partial charge is 0.274 e. The SMILES string of the molecule is O=C1[C@@H]2C3c4ccccc4C(Cl)(c4ccccc43)[C@H]2C(=O)N1c1ccc(Cl)cc1Cl. The quantitative estimate of drug-likeness (QED) is 0.347. The fourth-order valence-corrected chi connectivity index (χ4v) is 6.65. The molecule has 2 atom stereocenters. The van der Waals surface area contributed by atoms with Gasteiger partial charge in [0, 0.05) is 10.9 Å². The maximum absolute atomic E-state index is 13.7. The van der Waals surface area contributed by atoms with Gasteiger partial charge < -0.3 is 0 Å². The van der Waals surface area contributed by atoms with Crippen LogP contribution in [0.15, 0.2) is 66.7 Å². The monoisotopic (exact) mass is 453 g/mol. The Bertz CT molecular complexity index is 1220. The highest BCUT2D eigenvalue weighted by Gasteiger charge is 2.68. The van der Waals surface area contributed by atoms with Gasteiger partial charge in [-0.05, 0) is 40.5 Å². The second kappa shape index (κ2) is 6.10. The second-order valence-electron chi connectivity index (χ2n) is 7.98. The van der Waals surface area contributed by atoms with E-state index in [4.69, 9.17) is 34.8 Å². The van der Waals surface area contributed by atoms with E-state index in [9.17, 15) is 9.59 Å². The highest BCUT2D eigenvalue weighted by atomic mass is 35.5. The van der Waals surface area contributed by atoms with Crippen molar-refractivity contribution in [3.05, 3.63) is 99.0 Å². The van der Waals surface area contributed by atoms with Gasteiger partial charge >= 0.3 is 0 Å². The third-order valence-corrected chi connectivity index (χ3v) is 7.85. The number of hydrogen-bond acceptors (Lipinski definition) is 2. The van der Waals surface area contributed by atoms with E-state index < -0.39 is 16.7 Å². The van der Waals surface area contributed by atoms with Crippen LogP contribution in [0, 0.1) is 11.8 Å². The zero-order valence-corrected chi connectivity index (χ0v) is 17.7. The number of alkyl halides is 1. The molecule has 0 aromatic heterocycles. The summed E-state index contributed by atoms with van der Waals surface area (Å²) in [6.45, 7) is 0. The van der Waals surface area contributed by atoms with Crippen molar-refractivity contribution in [1.29, 1.82) is 0 Å². The Balaban J connectivity index is 1.62. The Hall–Kier alpha value is -2.33. The number of imide groups is 1. The lowest BCUT2D eigenvalue weighted by Gasteiger charge is -2.50. The zero-order chi connectivity index (χ0) is 20.8. The molecule has 1 heterocycles. The summed E-state index contributed by atoms with van der Waals surface area (Å²) in [4.78, 5) is 27.5. The smallest absolute Gasteiger partial charge is 0.240 e. The average Bonchev–Trinajstić information content (AvgIpc) is 3.01. The van der Waals surface area contributed by atoms with Crippen molar-refractivity contribution < 1.29 is 9.59 Å². The Labute approximate surface area is 188 Å². The molecule has 1 fully saturated rings. The van der Waals surface area contributed by atoms with Gasteiger partial charge in [-0.1, -0.05) is 71.7 Å². The van der Waals surface area contributed by atoms with Crippen LogP contribution in [0.5, 0.6) is 0 Å². The molecule has 2 amide bonds. The van der Waals surface area contributed by atoms with Crippen molar-refractivity contribution in [3.63, 3.8) is 0 Å². The molecule has 0 saturated carbocycles. The van der Waals surface area contributed by atoms with Crippen LogP contribution in [-0.2, 0) is 14.5 Å². The van der Waals surface area contributed by atoms with Crippen LogP contribution >= 0.6 is 34.8 Å². The summed E-state index contributed by atoms with van der Waals surface area (Å²) in [6, 6.07) is 20.5. The molecule has 0 spiro atoms. The molecule has 3 aliphatic carbocycles. The first kappa shape index (κ1) is 18.4. The molecule has 0 unspecified atom stereocenters. The van der Waals surface area contributed by atoms with Crippen LogP contribution in [-0.4, -0.2) is 11.8 Å². The van der Waals surface area contributed by atoms with E-state index in [0.29, 0.717) is 10.7 Å². The van der Waals surface area contributed by atoms with Crippen LogP contribution in [0.25, 0.3) is 0 Å². The maximum atomic E-state index is 13.7. The van der Waals surface area contributed by atoms with Crippen molar-refractivity contribution in [3.8, 4) is 0 Å². The lowest BCUT2D eigenvalue weighted by Crippen LogP contribution is -2.50. The molecule has 3 aromatic rings. The van der Waals surface area contributed by atoms with Crippen molar-refractivity contribution in [2.45, 2.75) is 10.8 Å². The number of carbonyl (C=O) groups is 2. The van der Waals surface area contributed by atoms with Gasteiger partial charge in [-0.15, -0.1) is 11.6 Å². The predicted molar refractivity (Wildman–Crippen MR) is 117 cm³/mol. The lowest BCUT2D eigenvalue weighted by atomic mass is 9.54. The number of nitrogens with zero attached hydrogens (tertiary/aromatic N) is 1. The number of amides is 2. The first-order valence-electron chi connectivity index (χ1n) is 9.65. The Morgan fingerprint density at radius 3 is 2.00 bits per heavy atom. The van der Waals surface area contributed by atoms with Gasteiger partial charge in [-0.3, -0.25) is 9.59 Å². The van der Waals surface area contributed by atoms with E-state index >= 15 is 0 Å². The predicted octanol–water partition coefficient (Wildman–Crippen LogP) is 5.74.